The summed E-state index contributed by atoms with van der Waals surface area (Å²) < 4.78 is 0.902. The molecule has 0 unspecified atom stereocenters. The quantitative estimate of drug-likeness (QED) is 0.678. The lowest BCUT2D eigenvalue weighted by atomic mass is 10.1. The Bertz CT molecular complexity index is 726. The number of benzene rings is 1. The highest BCUT2D eigenvalue weighted by atomic mass is 35.5. The maximum Gasteiger partial charge on any atom is 0.270 e. The molecule has 0 atom stereocenters. The van der Waals surface area contributed by atoms with Crippen LogP contribution in [0.1, 0.15) is 22.5 Å². The number of fused-ring (bicyclic) bond motifs is 1. The van der Waals surface area contributed by atoms with Gasteiger partial charge in [0.2, 0.25) is 0 Å². The minimum absolute atomic E-state index is 0. The number of nitro benzene ring substituents is 1. The van der Waals surface area contributed by atoms with E-state index in [2.05, 4.69) is 5.32 Å². The zero-order chi connectivity index (χ0) is 15.7. The molecule has 6 nitrogen and oxygen atoms in total. The fraction of sp³-hybridized carbons (Fsp3) is 0.400. The molecule has 8 heteroatoms. The molecule has 0 spiro atoms. The van der Waals surface area contributed by atoms with Crippen molar-refractivity contribution in [2.75, 3.05) is 20.1 Å². The number of nitro groups is 1. The zero-order valence-electron chi connectivity index (χ0n) is 12.7. The zero-order valence-corrected chi connectivity index (χ0v) is 14.3. The number of piperidine rings is 1. The van der Waals surface area contributed by atoms with E-state index in [0.29, 0.717) is 10.9 Å². The van der Waals surface area contributed by atoms with E-state index in [9.17, 15) is 14.9 Å². The predicted octanol–water partition coefficient (Wildman–Crippen LogP) is 3.06. The molecular formula is C15H18ClN3O3S. The van der Waals surface area contributed by atoms with Gasteiger partial charge in [-0.15, -0.1) is 23.7 Å². The van der Waals surface area contributed by atoms with Crippen LogP contribution >= 0.6 is 23.7 Å². The molecule has 1 amide bonds. The third kappa shape index (κ3) is 3.63. The van der Waals surface area contributed by atoms with E-state index in [1.54, 1.807) is 12.1 Å². The maximum absolute atomic E-state index is 12.6. The summed E-state index contributed by atoms with van der Waals surface area (Å²) in [6.07, 6.45) is 1.91. The molecule has 0 radical (unpaired) electrons. The van der Waals surface area contributed by atoms with Gasteiger partial charge < -0.3 is 10.2 Å². The van der Waals surface area contributed by atoms with Crippen LogP contribution in [0.5, 0.6) is 0 Å². The van der Waals surface area contributed by atoms with Gasteiger partial charge in [0.05, 0.1) is 9.80 Å². The van der Waals surface area contributed by atoms with Crippen LogP contribution < -0.4 is 5.32 Å². The average Bonchev–Trinajstić information content (AvgIpc) is 2.97. The van der Waals surface area contributed by atoms with Crippen LogP contribution in [-0.4, -0.2) is 41.9 Å². The van der Waals surface area contributed by atoms with E-state index >= 15 is 0 Å². The van der Waals surface area contributed by atoms with Crippen LogP contribution in [0, 0.1) is 10.1 Å². The summed E-state index contributed by atoms with van der Waals surface area (Å²) in [7, 11) is 1.95. The molecule has 1 aliphatic heterocycles. The Morgan fingerprint density at radius 3 is 2.65 bits per heavy atom. The van der Waals surface area contributed by atoms with E-state index in [1.165, 1.54) is 23.5 Å². The van der Waals surface area contributed by atoms with Gasteiger partial charge in [-0.3, -0.25) is 14.9 Å². The molecule has 23 heavy (non-hydrogen) atoms. The van der Waals surface area contributed by atoms with Crippen molar-refractivity contribution in [3.8, 4) is 0 Å². The van der Waals surface area contributed by atoms with Gasteiger partial charge in [-0.2, -0.15) is 0 Å². The number of likely N-dealkylation sites (tertiary alicyclic amines) is 1. The molecule has 2 aromatic rings. The summed E-state index contributed by atoms with van der Waals surface area (Å²) in [5.41, 5.74) is 0.0548. The van der Waals surface area contributed by atoms with E-state index in [0.717, 1.165) is 36.0 Å². The minimum Gasteiger partial charge on any atom is -0.338 e. The number of carbonyl (C=O) groups excluding carboxylic acids is 1. The molecule has 124 valence electrons. The SMILES string of the molecule is CNC1CCN(C(=O)c2cc3cc([N+](=O)[O-])ccc3s2)CC1.Cl. The van der Waals surface area contributed by atoms with Crippen LogP contribution in [0.2, 0.25) is 0 Å². The van der Waals surface area contributed by atoms with Crippen molar-refractivity contribution in [1.29, 1.82) is 0 Å². The van der Waals surface area contributed by atoms with Crippen LogP contribution in [-0.2, 0) is 0 Å². The highest BCUT2D eigenvalue weighted by Gasteiger charge is 2.24. The molecule has 1 saturated heterocycles. The standard InChI is InChI=1S/C15H17N3O3S.ClH/c1-16-11-4-6-17(7-5-11)15(19)14-9-10-8-12(18(20)21)2-3-13(10)22-14;/h2-3,8-9,11,16H,4-7H2,1H3;1H. The van der Waals surface area contributed by atoms with Gasteiger partial charge in [-0.1, -0.05) is 0 Å². The van der Waals surface area contributed by atoms with E-state index < -0.39 is 4.92 Å². The van der Waals surface area contributed by atoms with Gasteiger partial charge >= 0.3 is 0 Å². The van der Waals surface area contributed by atoms with Gasteiger partial charge in [0.1, 0.15) is 0 Å². The van der Waals surface area contributed by atoms with Crippen molar-refractivity contribution in [1.82, 2.24) is 10.2 Å². The minimum atomic E-state index is -0.416. The molecule has 0 aliphatic carbocycles. The molecule has 1 fully saturated rings. The fourth-order valence-corrected chi connectivity index (χ4v) is 3.79. The summed E-state index contributed by atoms with van der Waals surface area (Å²) >= 11 is 1.40. The number of non-ortho nitro benzene ring substituents is 1. The first-order valence-corrected chi connectivity index (χ1v) is 8.04. The van der Waals surface area contributed by atoms with Crippen molar-refractivity contribution in [3.05, 3.63) is 39.3 Å². The monoisotopic (exact) mass is 355 g/mol. The second-order valence-electron chi connectivity index (χ2n) is 5.45. The Kier molecular flexibility index (Phi) is 5.56. The fourth-order valence-electron chi connectivity index (χ4n) is 2.78. The van der Waals surface area contributed by atoms with Crippen molar-refractivity contribution < 1.29 is 9.72 Å². The van der Waals surface area contributed by atoms with Crippen LogP contribution in [0.15, 0.2) is 24.3 Å². The molecule has 1 aliphatic rings. The third-order valence-electron chi connectivity index (χ3n) is 4.11. The number of nitrogens with one attached hydrogen (secondary N) is 1. The number of hydrogen-bond donors (Lipinski definition) is 1. The molecule has 2 heterocycles. The molecule has 3 rings (SSSR count). The van der Waals surface area contributed by atoms with Gasteiger partial charge in [0.15, 0.2) is 0 Å². The summed E-state index contributed by atoms with van der Waals surface area (Å²) in [6.45, 7) is 1.50. The van der Waals surface area contributed by atoms with Gasteiger partial charge in [-0.05, 0) is 32.0 Å². The highest BCUT2D eigenvalue weighted by Crippen LogP contribution is 2.30. The Hall–Kier alpha value is -1.70. The third-order valence-corrected chi connectivity index (χ3v) is 5.22. The number of carbonyl (C=O) groups is 1. The van der Waals surface area contributed by atoms with Crippen molar-refractivity contribution in [3.63, 3.8) is 0 Å². The lowest BCUT2D eigenvalue weighted by Gasteiger charge is -2.31. The number of rotatable bonds is 3. The van der Waals surface area contributed by atoms with Crippen molar-refractivity contribution in [2.24, 2.45) is 0 Å². The van der Waals surface area contributed by atoms with Gasteiger partial charge in [0.25, 0.3) is 11.6 Å². The van der Waals surface area contributed by atoms with Crippen molar-refractivity contribution >= 4 is 45.4 Å². The Morgan fingerprint density at radius 2 is 2.04 bits per heavy atom. The Balaban J connectivity index is 0.00000192. The average molecular weight is 356 g/mol. The molecule has 1 N–H and O–H groups in total. The smallest absolute Gasteiger partial charge is 0.270 e. The first kappa shape index (κ1) is 17.7. The summed E-state index contributed by atoms with van der Waals surface area (Å²) in [5.74, 6) is 0.0263. The van der Waals surface area contributed by atoms with E-state index in [4.69, 9.17) is 0 Å². The lowest BCUT2D eigenvalue weighted by molar-refractivity contribution is -0.384. The van der Waals surface area contributed by atoms with E-state index in [1.807, 2.05) is 11.9 Å². The summed E-state index contributed by atoms with van der Waals surface area (Å²) in [4.78, 5) is 25.5. The number of nitrogens with zero attached hydrogens (tertiary/aromatic N) is 2. The summed E-state index contributed by atoms with van der Waals surface area (Å²) in [6, 6.07) is 6.96. The van der Waals surface area contributed by atoms with Gasteiger partial charge in [0, 0.05) is 41.4 Å². The number of thiophene rings is 1. The van der Waals surface area contributed by atoms with Crippen molar-refractivity contribution in [2.45, 2.75) is 18.9 Å². The maximum atomic E-state index is 12.6. The molecule has 1 aromatic heterocycles. The van der Waals surface area contributed by atoms with Crippen LogP contribution in [0.25, 0.3) is 10.1 Å². The lowest BCUT2D eigenvalue weighted by Crippen LogP contribution is -2.43. The predicted molar refractivity (Wildman–Crippen MR) is 93.7 cm³/mol. The first-order chi connectivity index (χ1) is 10.6. The second kappa shape index (κ2) is 7.25. The Labute approximate surface area is 144 Å². The second-order valence-corrected chi connectivity index (χ2v) is 6.53. The Morgan fingerprint density at radius 1 is 1.35 bits per heavy atom. The molecule has 0 bridgehead atoms. The van der Waals surface area contributed by atoms with Crippen LogP contribution in [0.3, 0.4) is 0 Å². The number of hydrogen-bond acceptors (Lipinski definition) is 5. The van der Waals surface area contributed by atoms with Crippen LogP contribution in [0.4, 0.5) is 5.69 Å². The molecule has 0 saturated carbocycles. The molecule has 1 aromatic carbocycles. The largest absolute Gasteiger partial charge is 0.338 e. The van der Waals surface area contributed by atoms with E-state index in [-0.39, 0.29) is 24.0 Å². The first-order valence-electron chi connectivity index (χ1n) is 7.23. The topological polar surface area (TPSA) is 75.5 Å². The molecular weight excluding hydrogens is 338 g/mol. The normalized spacial score (nSPS) is 15.4. The number of halogens is 1. The highest BCUT2D eigenvalue weighted by molar-refractivity contribution is 7.20. The number of amides is 1. The summed E-state index contributed by atoms with van der Waals surface area (Å²) in [5, 5.41) is 14.8. The van der Waals surface area contributed by atoms with Gasteiger partial charge in [-0.25, -0.2) is 0 Å².